The van der Waals surface area contributed by atoms with Gasteiger partial charge >= 0.3 is 0 Å². The second-order valence-corrected chi connectivity index (χ2v) is 3.09. The SMILES string of the molecule is C1=NC2=CNc3ccccc3N2C1. The van der Waals surface area contributed by atoms with Crippen LogP contribution < -0.4 is 10.2 Å². The molecule has 1 aromatic carbocycles. The molecule has 3 rings (SSSR count). The molecule has 0 saturated carbocycles. The summed E-state index contributed by atoms with van der Waals surface area (Å²) in [5, 5.41) is 3.22. The van der Waals surface area contributed by atoms with Crippen molar-refractivity contribution in [1.82, 2.24) is 0 Å². The fraction of sp³-hybridized carbons (Fsp3) is 0.100. The van der Waals surface area contributed by atoms with Crippen LogP contribution in [0.5, 0.6) is 0 Å². The van der Waals surface area contributed by atoms with Crippen LogP contribution in [0.1, 0.15) is 0 Å². The van der Waals surface area contributed by atoms with Crippen LogP contribution in [0.15, 0.2) is 41.3 Å². The van der Waals surface area contributed by atoms with E-state index in [0.717, 1.165) is 18.1 Å². The molecule has 0 aliphatic carbocycles. The zero-order valence-corrected chi connectivity index (χ0v) is 7.07. The number of nitrogens with one attached hydrogen (secondary N) is 1. The highest BCUT2D eigenvalue weighted by Gasteiger charge is 2.20. The topological polar surface area (TPSA) is 27.6 Å². The van der Waals surface area contributed by atoms with Gasteiger partial charge in [-0.3, -0.25) is 0 Å². The van der Waals surface area contributed by atoms with Gasteiger partial charge in [-0.15, -0.1) is 0 Å². The fourth-order valence-electron chi connectivity index (χ4n) is 1.69. The predicted molar refractivity (Wildman–Crippen MR) is 54.0 cm³/mol. The molecule has 1 N–H and O–H groups in total. The van der Waals surface area contributed by atoms with E-state index in [9.17, 15) is 0 Å². The molecule has 0 fully saturated rings. The average Bonchev–Trinajstić information content (AvgIpc) is 2.65. The van der Waals surface area contributed by atoms with E-state index in [4.69, 9.17) is 0 Å². The first kappa shape index (κ1) is 6.71. The van der Waals surface area contributed by atoms with Crippen LogP contribution in [0.4, 0.5) is 11.4 Å². The zero-order valence-electron chi connectivity index (χ0n) is 7.07. The lowest BCUT2D eigenvalue weighted by Gasteiger charge is -2.25. The van der Waals surface area contributed by atoms with Crippen molar-refractivity contribution in [2.75, 3.05) is 16.8 Å². The Kier molecular flexibility index (Phi) is 1.22. The van der Waals surface area contributed by atoms with Crippen LogP contribution in [0.2, 0.25) is 0 Å². The van der Waals surface area contributed by atoms with Gasteiger partial charge in [0.15, 0.2) is 0 Å². The maximum Gasteiger partial charge on any atom is 0.149 e. The molecular weight excluding hydrogens is 162 g/mol. The Labute approximate surface area is 76.4 Å². The number of hydrogen-bond acceptors (Lipinski definition) is 3. The van der Waals surface area contributed by atoms with Gasteiger partial charge in [-0.05, 0) is 12.1 Å². The molecule has 0 radical (unpaired) electrons. The summed E-state index contributed by atoms with van der Waals surface area (Å²) in [6.45, 7) is 0.879. The summed E-state index contributed by atoms with van der Waals surface area (Å²) in [6.07, 6.45) is 3.86. The van der Waals surface area contributed by atoms with E-state index in [2.05, 4.69) is 27.3 Å². The maximum absolute atomic E-state index is 4.26. The molecule has 13 heavy (non-hydrogen) atoms. The third kappa shape index (κ3) is 0.869. The molecule has 2 heterocycles. The largest absolute Gasteiger partial charge is 0.357 e. The summed E-state index contributed by atoms with van der Waals surface area (Å²) in [4.78, 5) is 6.44. The summed E-state index contributed by atoms with van der Waals surface area (Å²) in [7, 11) is 0. The van der Waals surface area contributed by atoms with Crippen LogP contribution in [0.25, 0.3) is 0 Å². The number of hydrogen-bond donors (Lipinski definition) is 1. The van der Waals surface area contributed by atoms with Gasteiger partial charge in [0.05, 0.1) is 17.9 Å². The van der Waals surface area contributed by atoms with Crippen LogP contribution in [0.3, 0.4) is 0 Å². The molecule has 64 valence electrons. The quantitative estimate of drug-likeness (QED) is 0.644. The second-order valence-electron chi connectivity index (χ2n) is 3.09. The van der Waals surface area contributed by atoms with E-state index in [1.165, 1.54) is 5.69 Å². The van der Waals surface area contributed by atoms with Gasteiger partial charge < -0.3 is 10.2 Å². The van der Waals surface area contributed by atoms with Crippen molar-refractivity contribution in [3.05, 3.63) is 36.3 Å². The average molecular weight is 171 g/mol. The van der Waals surface area contributed by atoms with Gasteiger partial charge in [0.1, 0.15) is 5.82 Å². The lowest BCUT2D eigenvalue weighted by atomic mass is 10.2. The van der Waals surface area contributed by atoms with Crippen molar-refractivity contribution >= 4 is 17.6 Å². The molecular formula is C10H9N3. The van der Waals surface area contributed by atoms with Gasteiger partial charge in [-0.2, -0.15) is 0 Å². The fourth-order valence-corrected chi connectivity index (χ4v) is 1.69. The number of anilines is 2. The smallest absolute Gasteiger partial charge is 0.149 e. The van der Waals surface area contributed by atoms with E-state index in [1.54, 1.807) is 0 Å². The predicted octanol–water partition coefficient (Wildman–Crippen LogP) is 1.80. The Bertz CT molecular complexity index is 406. The van der Waals surface area contributed by atoms with E-state index >= 15 is 0 Å². The lowest BCUT2D eigenvalue weighted by Crippen LogP contribution is -2.22. The molecule has 3 heteroatoms. The molecule has 1 aromatic rings. The first-order valence-electron chi connectivity index (χ1n) is 4.31. The van der Waals surface area contributed by atoms with Gasteiger partial charge in [0.2, 0.25) is 0 Å². The number of benzene rings is 1. The number of para-hydroxylation sites is 2. The summed E-state index contributed by atoms with van der Waals surface area (Å²) < 4.78 is 0. The Morgan fingerprint density at radius 3 is 3.23 bits per heavy atom. The molecule has 0 unspecified atom stereocenters. The van der Waals surface area contributed by atoms with Gasteiger partial charge in [0, 0.05) is 12.4 Å². The number of nitrogens with zero attached hydrogens (tertiary/aromatic N) is 2. The monoisotopic (exact) mass is 171 g/mol. The normalized spacial score (nSPS) is 17.5. The van der Waals surface area contributed by atoms with E-state index < -0.39 is 0 Å². The molecule has 0 aromatic heterocycles. The Hall–Kier alpha value is -1.77. The lowest BCUT2D eigenvalue weighted by molar-refractivity contribution is 1.05. The number of fused-ring (bicyclic) bond motifs is 3. The van der Waals surface area contributed by atoms with Gasteiger partial charge in [-0.25, -0.2) is 4.99 Å². The van der Waals surface area contributed by atoms with Crippen LogP contribution in [0, 0.1) is 0 Å². The minimum absolute atomic E-state index is 0.879. The summed E-state index contributed by atoms with van der Waals surface area (Å²) >= 11 is 0. The second kappa shape index (κ2) is 2.36. The van der Waals surface area contributed by atoms with Crippen molar-refractivity contribution in [2.45, 2.75) is 0 Å². The van der Waals surface area contributed by atoms with E-state index in [-0.39, 0.29) is 0 Å². The third-order valence-electron chi connectivity index (χ3n) is 2.32. The van der Waals surface area contributed by atoms with Crippen LogP contribution in [-0.4, -0.2) is 12.8 Å². The first-order valence-corrected chi connectivity index (χ1v) is 4.31. The summed E-state index contributed by atoms with van der Waals surface area (Å²) in [5.41, 5.74) is 2.36. The molecule has 0 saturated heterocycles. The van der Waals surface area contributed by atoms with E-state index in [0.29, 0.717) is 0 Å². The maximum atomic E-state index is 4.26. The van der Waals surface area contributed by atoms with Crippen LogP contribution >= 0.6 is 0 Å². The highest BCUT2D eigenvalue weighted by atomic mass is 15.3. The summed E-state index contributed by atoms with van der Waals surface area (Å²) in [6, 6.07) is 8.24. The summed E-state index contributed by atoms with van der Waals surface area (Å²) in [5.74, 6) is 0.999. The minimum atomic E-state index is 0.879. The zero-order chi connectivity index (χ0) is 8.67. The Morgan fingerprint density at radius 2 is 2.23 bits per heavy atom. The Balaban J connectivity index is 2.14. The molecule has 2 aliphatic heterocycles. The minimum Gasteiger partial charge on any atom is -0.357 e. The molecule has 3 nitrogen and oxygen atoms in total. The third-order valence-corrected chi connectivity index (χ3v) is 2.32. The van der Waals surface area contributed by atoms with Crippen molar-refractivity contribution in [3.8, 4) is 0 Å². The highest BCUT2D eigenvalue weighted by molar-refractivity contribution is 5.83. The van der Waals surface area contributed by atoms with Crippen molar-refractivity contribution in [3.63, 3.8) is 0 Å². The molecule has 0 spiro atoms. The molecule has 2 aliphatic rings. The standard InChI is InChI=1S/C10H9N3/c1-2-4-9-8(3-1)12-7-10-11-5-6-13(9)10/h1-5,7,12H,6H2. The van der Waals surface area contributed by atoms with E-state index in [1.807, 2.05) is 24.5 Å². The van der Waals surface area contributed by atoms with Crippen LogP contribution in [-0.2, 0) is 0 Å². The Morgan fingerprint density at radius 1 is 1.31 bits per heavy atom. The molecule has 0 atom stereocenters. The molecule has 0 bridgehead atoms. The highest BCUT2D eigenvalue weighted by Crippen LogP contribution is 2.33. The number of aliphatic imine (C=N–C) groups is 1. The van der Waals surface area contributed by atoms with Gasteiger partial charge in [0.25, 0.3) is 0 Å². The number of rotatable bonds is 0. The van der Waals surface area contributed by atoms with Crippen molar-refractivity contribution in [2.24, 2.45) is 4.99 Å². The molecule has 0 amide bonds. The van der Waals surface area contributed by atoms with Gasteiger partial charge in [-0.1, -0.05) is 12.1 Å². The van der Waals surface area contributed by atoms with Crippen molar-refractivity contribution < 1.29 is 0 Å². The van der Waals surface area contributed by atoms with Crippen molar-refractivity contribution in [1.29, 1.82) is 0 Å². The first-order chi connectivity index (χ1) is 6.45.